The number of nitrogens with one attached hydrogen (secondary N) is 1. The number of alkyl carbamates (subject to hydrolysis) is 1. The van der Waals surface area contributed by atoms with Gasteiger partial charge in [0.2, 0.25) is 0 Å². The van der Waals surface area contributed by atoms with Crippen LogP contribution in [-0.4, -0.2) is 19.2 Å². The van der Waals surface area contributed by atoms with Crippen molar-refractivity contribution >= 4 is 6.09 Å². The van der Waals surface area contributed by atoms with E-state index in [-0.39, 0.29) is 6.09 Å². The fraction of sp³-hybridized carbons (Fsp3) is 0.933. The number of amides is 1. The monoisotopic (exact) mass is 257 g/mol. The highest BCUT2D eigenvalue weighted by Gasteiger charge is 1.98. The Morgan fingerprint density at radius 3 is 1.83 bits per heavy atom. The summed E-state index contributed by atoms with van der Waals surface area (Å²) in [4.78, 5) is 11.0. The van der Waals surface area contributed by atoms with Crippen LogP contribution in [0.3, 0.4) is 0 Å². The second-order valence-corrected chi connectivity index (χ2v) is 4.83. The van der Waals surface area contributed by atoms with Crippen molar-refractivity contribution < 1.29 is 9.53 Å². The minimum Gasteiger partial charge on any atom is -0.450 e. The van der Waals surface area contributed by atoms with Crippen LogP contribution in [0, 0.1) is 0 Å². The van der Waals surface area contributed by atoms with Gasteiger partial charge in [-0.25, -0.2) is 4.79 Å². The van der Waals surface area contributed by atoms with Gasteiger partial charge in [0, 0.05) is 6.54 Å². The average Bonchev–Trinajstić information content (AvgIpc) is 2.36. The lowest BCUT2D eigenvalue weighted by molar-refractivity contribution is 0.152. The van der Waals surface area contributed by atoms with Gasteiger partial charge in [0.1, 0.15) is 0 Å². The van der Waals surface area contributed by atoms with Crippen LogP contribution in [0.2, 0.25) is 0 Å². The van der Waals surface area contributed by atoms with E-state index >= 15 is 0 Å². The molecular formula is C15H31NO2. The summed E-state index contributed by atoms with van der Waals surface area (Å²) in [7, 11) is 0. The third kappa shape index (κ3) is 13.3. The fourth-order valence-electron chi connectivity index (χ4n) is 1.99. The van der Waals surface area contributed by atoms with Crippen molar-refractivity contribution in [2.45, 2.75) is 78.1 Å². The van der Waals surface area contributed by atoms with Crippen LogP contribution < -0.4 is 5.32 Å². The predicted molar refractivity (Wildman–Crippen MR) is 76.9 cm³/mol. The van der Waals surface area contributed by atoms with Gasteiger partial charge in [0.25, 0.3) is 0 Å². The molecule has 0 saturated carbocycles. The van der Waals surface area contributed by atoms with Crippen molar-refractivity contribution in [3.8, 4) is 0 Å². The molecule has 108 valence electrons. The molecule has 3 heteroatoms. The minimum atomic E-state index is -0.284. The van der Waals surface area contributed by atoms with Gasteiger partial charge in [-0.1, -0.05) is 64.7 Å². The molecule has 0 saturated heterocycles. The van der Waals surface area contributed by atoms with Gasteiger partial charge < -0.3 is 10.1 Å². The minimum absolute atomic E-state index is 0.284. The molecule has 18 heavy (non-hydrogen) atoms. The SMILES string of the molecule is CCCCCCCCCCCCNC(=O)OCC. The maximum atomic E-state index is 11.0. The van der Waals surface area contributed by atoms with E-state index in [2.05, 4.69) is 12.2 Å². The summed E-state index contributed by atoms with van der Waals surface area (Å²) in [5.41, 5.74) is 0. The van der Waals surface area contributed by atoms with Crippen molar-refractivity contribution in [1.29, 1.82) is 0 Å². The summed E-state index contributed by atoms with van der Waals surface area (Å²) < 4.78 is 4.78. The third-order valence-electron chi connectivity index (χ3n) is 3.08. The van der Waals surface area contributed by atoms with Crippen molar-refractivity contribution in [3.05, 3.63) is 0 Å². The standard InChI is InChI=1S/C15H31NO2/c1-3-5-6-7-8-9-10-11-12-13-14-16-15(17)18-4-2/h3-14H2,1-2H3,(H,16,17). The molecule has 0 bridgehead atoms. The predicted octanol–water partition coefficient (Wildman–Crippen LogP) is 4.65. The molecule has 0 atom stereocenters. The molecule has 0 fully saturated rings. The molecule has 0 spiro atoms. The second kappa shape index (κ2) is 14.3. The number of hydrogen-bond donors (Lipinski definition) is 1. The van der Waals surface area contributed by atoms with Gasteiger partial charge in [-0.05, 0) is 13.3 Å². The molecule has 0 aromatic carbocycles. The number of ether oxygens (including phenoxy) is 1. The zero-order valence-electron chi connectivity index (χ0n) is 12.3. The van der Waals surface area contributed by atoms with Crippen molar-refractivity contribution in [1.82, 2.24) is 5.32 Å². The Kier molecular flexibility index (Phi) is 13.8. The highest BCUT2D eigenvalue weighted by atomic mass is 16.5. The van der Waals surface area contributed by atoms with E-state index in [0.29, 0.717) is 6.61 Å². The Hall–Kier alpha value is -0.730. The Balaban J connectivity index is 3.01. The first-order chi connectivity index (χ1) is 8.81. The topological polar surface area (TPSA) is 38.3 Å². The third-order valence-corrected chi connectivity index (χ3v) is 3.08. The molecule has 0 rings (SSSR count). The normalized spacial score (nSPS) is 10.3. The van der Waals surface area contributed by atoms with Gasteiger partial charge in [-0.3, -0.25) is 0 Å². The van der Waals surface area contributed by atoms with E-state index in [1.807, 2.05) is 6.92 Å². The van der Waals surface area contributed by atoms with E-state index in [1.165, 1.54) is 57.8 Å². The maximum absolute atomic E-state index is 11.0. The van der Waals surface area contributed by atoms with Crippen LogP contribution in [0.5, 0.6) is 0 Å². The maximum Gasteiger partial charge on any atom is 0.407 e. The Morgan fingerprint density at radius 1 is 0.833 bits per heavy atom. The van der Waals surface area contributed by atoms with E-state index in [4.69, 9.17) is 4.74 Å². The molecule has 0 aliphatic carbocycles. The van der Waals surface area contributed by atoms with Gasteiger partial charge in [0.15, 0.2) is 0 Å². The number of carbonyl (C=O) groups excluding carboxylic acids is 1. The summed E-state index contributed by atoms with van der Waals surface area (Å²) in [5.74, 6) is 0. The largest absolute Gasteiger partial charge is 0.450 e. The first-order valence-corrected chi connectivity index (χ1v) is 7.71. The van der Waals surface area contributed by atoms with E-state index in [9.17, 15) is 4.79 Å². The zero-order valence-corrected chi connectivity index (χ0v) is 12.3. The zero-order chi connectivity index (χ0) is 13.5. The highest BCUT2D eigenvalue weighted by molar-refractivity contribution is 5.66. The lowest BCUT2D eigenvalue weighted by Gasteiger charge is -2.05. The molecule has 0 aliphatic heterocycles. The second-order valence-electron chi connectivity index (χ2n) is 4.83. The molecule has 1 amide bonds. The lowest BCUT2D eigenvalue weighted by Crippen LogP contribution is -2.25. The van der Waals surface area contributed by atoms with Gasteiger partial charge in [0.05, 0.1) is 6.61 Å². The fourth-order valence-corrected chi connectivity index (χ4v) is 1.99. The van der Waals surface area contributed by atoms with Crippen molar-refractivity contribution in [3.63, 3.8) is 0 Å². The first-order valence-electron chi connectivity index (χ1n) is 7.71. The molecule has 0 radical (unpaired) electrons. The Bertz CT molecular complexity index is 183. The van der Waals surface area contributed by atoms with Crippen molar-refractivity contribution in [2.75, 3.05) is 13.2 Å². The Labute approximate surface area is 113 Å². The van der Waals surface area contributed by atoms with Gasteiger partial charge >= 0.3 is 6.09 Å². The Morgan fingerprint density at radius 2 is 1.33 bits per heavy atom. The summed E-state index contributed by atoms with van der Waals surface area (Å²) in [6.07, 6.45) is 12.9. The number of unbranched alkanes of at least 4 members (excludes halogenated alkanes) is 9. The van der Waals surface area contributed by atoms with Crippen LogP contribution >= 0.6 is 0 Å². The average molecular weight is 257 g/mol. The molecular weight excluding hydrogens is 226 g/mol. The molecule has 0 aromatic heterocycles. The molecule has 3 nitrogen and oxygen atoms in total. The van der Waals surface area contributed by atoms with Gasteiger partial charge in [-0.2, -0.15) is 0 Å². The van der Waals surface area contributed by atoms with Gasteiger partial charge in [-0.15, -0.1) is 0 Å². The van der Waals surface area contributed by atoms with E-state index in [0.717, 1.165) is 13.0 Å². The summed E-state index contributed by atoms with van der Waals surface area (Å²) >= 11 is 0. The van der Waals surface area contributed by atoms with E-state index < -0.39 is 0 Å². The summed E-state index contributed by atoms with van der Waals surface area (Å²) in [6.45, 7) is 5.27. The van der Waals surface area contributed by atoms with Crippen LogP contribution in [0.25, 0.3) is 0 Å². The summed E-state index contributed by atoms with van der Waals surface area (Å²) in [6, 6.07) is 0. The lowest BCUT2D eigenvalue weighted by atomic mass is 10.1. The van der Waals surface area contributed by atoms with E-state index in [1.54, 1.807) is 0 Å². The molecule has 0 unspecified atom stereocenters. The summed E-state index contributed by atoms with van der Waals surface area (Å²) in [5, 5.41) is 2.75. The number of hydrogen-bond acceptors (Lipinski definition) is 2. The quantitative estimate of drug-likeness (QED) is 0.517. The molecule has 0 aromatic rings. The number of rotatable bonds is 12. The highest BCUT2D eigenvalue weighted by Crippen LogP contribution is 2.10. The molecule has 1 N–H and O–H groups in total. The van der Waals surface area contributed by atoms with Crippen LogP contribution in [0.15, 0.2) is 0 Å². The first kappa shape index (κ1) is 17.3. The van der Waals surface area contributed by atoms with Crippen LogP contribution in [0.4, 0.5) is 4.79 Å². The smallest absolute Gasteiger partial charge is 0.407 e. The molecule has 0 heterocycles. The van der Waals surface area contributed by atoms with Crippen LogP contribution in [0.1, 0.15) is 78.1 Å². The van der Waals surface area contributed by atoms with Crippen molar-refractivity contribution in [2.24, 2.45) is 0 Å². The molecule has 0 aliphatic rings. The number of carbonyl (C=O) groups is 1. The van der Waals surface area contributed by atoms with Crippen LogP contribution in [-0.2, 0) is 4.74 Å².